The molecule has 2 amide bonds. The van der Waals surface area contributed by atoms with E-state index < -0.39 is 5.91 Å². The molecule has 0 saturated carbocycles. The van der Waals surface area contributed by atoms with Crippen molar-refractivity contribution in [3.63, 3.8) is 0 Å². The molecule has 0 saturated heterocycles. The van der Waals surface area contributed by atoms with Gasteiger partial charge in [-0.3, -0.25) is 14.4 Å². The van der Waals surface area contributed by atoms with Crippen molar-refractivity contribution in [2.24, 2.45) is 0 Å². The Kier molecular flexibility index (Phi) is 5.71. The zero-order chi connectivity index (χ0) is 17.7. The zero-order valence-electron chi connectivity index (χ0n) is 13.4. The van der Waals surface area contributed by atoms with E-state index >= 15 is 0 Å². The molecule has 0 heterocycles. The van der Waals surface area contributed by atoms with E-state index in [1.807, 2.05) is 13.0 Å². The lowest BCUT2D eigenvalue weighted by atomic mass is 10.1. The van der Waals surface area contributed by atoms with Gasteiger partial charge in [0.25, 0.3) is 5.91 Å². The minimum Gasteiger partial charge on any atom is -0.343 e. The Morgan fingerprint density at radius 3 is 2.21 bits per heavy atom. The van der Waals surface area contributed by atoms with Crippen molar-refractivity contribution >= 4 is 34.9 Å². The average Bonchev–Trinajstić information content (AvgIpc) is 2.55. The number of nitrogens with one attached hydrogen (secondary N) is 2. The number of carbonyl (C=O) groups excluding carboxylic acids is 3. The smallest absolute Gasteiger partial charge is 0.251 e. The van der Waals surface area contributed by atoms with Crippen LogP contribution in [0.2, 0.25) is 5.02 Å². The van der Waals surface area contributed by atoms with Gasteiger partial charge in [0.15, 0.2) is 5.78 Å². The lowest BCUT2D eigenvalue weighted by molar-refractivity contribution is -0.115. The lowest BCUT2D eigenvalue weighted by Crippen LogP contribution is -2.32. The predicted octanol–water partition coefficient (Wildman–Crippen LogP) is 3.22. The highest BCUT2D eigenvalue weighted by molar-refractivity contribution is 6.33. The van der Waals surface area contributed by atoms with Gasteiger partial charge in [0.05, 0.1) is 17.3 Å². The zero-order valence-corrected chi connectivity index (χ0v) is 14.1. The number of aryl methyl sites for hydroxylation is 1. The van der Waals surface area contributed by atoms with Crippen molar-refractivity contribution in [1.29, 1.82) is 0 Å². The van der Waals surface area contributed by atoms with Crippen LogP contribution in [0.3, 0.4) is 0 Å². The van der Waals surface area contributed by atoms with E-state index in [0.717, 1.165) is 5.56 Å². The number of anilines is 1. The quantitative estimate of drug-likeness (QED) is 0.818. The van der Waals surface area contributed by atoms with Gasteiger partial charge in [-0.2, -0.15) is 0 Å². The molecule has 0 radical (unpaired) electrons. The highest BCUT2D eigenvalue weighted by Crippen LogP contribution is 2.22. The molecule has 0 aliphatic heterocycles. The summed E-state index contributed by atoms with van der Waals surface area (Å²) >= 11 is 6.04. The van der Waals surface area contributed by atoms with E-state index in [-0.39, 0.29) is 18.2 Å². The summed E-state index contributed by atoms with van der Waals surface area (Å²) in [6, 6.07) is 11.5. The average molecular weight is 345 g/mol. The Morgan fingerprint density at radius 1 is 1.00 bits per heavy atom. The molecule has 0 aromatic heterocycles. The van der Waals surface area contributed by atoms with Crippen LogP contribution in [0.25, 0.3) is 0 Å². The maximum atomic E-state index is 12.0. The summed E-state index contributed by atoms with van der Waals surface area (Å²) in [5.74, 6) is -0.846. The summed E-state index contributed by atoms with van der Waals surface area (Å²) < 4.78 is 0. The number of halogens is 1. The van der Waals surface area contributed by atoms with Crippen LogP contribution in [0.1, 0.15) is 33.2 Å². The van der Waals surface area contributed by atoms with Crippen LogP contribution in [-0.2, 0) is 4.79 Å². The molecular weight excluding hydrogens is 328 g/mol. The summed E-state index contributed by atoms with van der Waals surface area (Å²) in [7, 11) is 0. The fourth-order valence-electron chi connectivity index (χ4n) is 2.03. The van der Waals surface area contributed by atoms with Crippen LogP contribution in [-0.4, -0.2) is 24.1 Å². The van der Waals surface area contributed by atoms with E-state index in [1.54, 1.807) is 36.4 Å². The van der Waals surface area contributed by atoms with Crippen molar-refractivity contribution in [2.45, 2.75) is 13.8 Å². The number of ketones is 1. The SMILES string of the molecule is CC(=O)c1ccc(C(=O)NCC(=O)Nc2ccc(C)cc2Cl)cc1. The molecule has 0 aliphatic rings. The second kappa shape index (κ2) is 7.75. The first-order valence-corrected chi connectivity index (χ1v) is 7.70. The maximum Gasteiger partial charge on any atom is 0.251 e. The predicted molar refractivity (Wildman–Crippen MR) is 93.6 cm³/mol. The van der Waals surface area contributed by atoms with Crippen molar-refractivity contribution in [2.75, 3.05) is 11.9 Å². The van der Waals surface area contributed by atoms with Crippen LogP contribution in [0.15, 0.2) is 42.5 Å². The molecule has 5 nitrogen and oxygen atoms in total. The first kappa shape index (κ1) is 17.7. The summed E-state index contributed by atoms with van der Waals surface area (Å²) in [6.45, 7) is 3.17. The number of Topliss-reactive ketones (excluding diaryl/α,β-unsaturated/α-hetero) is 1. The van der Waals surface area contributed by atoms with Crippen LogP contribution >= 0.6 is 11.6 Å². The molecule has 6 heteroatoms. The van der Waals surface area contributed by atoms with Gasteiger partial charge in [-0.1, -0.05) is 29.8 Å². The molecule has 0 unspecified atom stereocenters. The Labute approximate surface area is 145 Å². The molecule has 0 bridgehead atoms. The minimum absolute atomic E-state index is 0.0729. The fraction of sp³-hybridized carbons (Fsp3) is 0.167. The van der Waals surface area contributed by atoms with Gasteiger partial charge in [-0.25, -0.2) is 0 Å². The third kappa shape index (κ3) is 4.67. The number of rotatable bonds is 5. The van der Waals surface area contributed by atoms with E-state index in [1.165, 1.54) is 6.92 Å². The lowest BCUT2D eigenvalue weighted by Gasteiger charge is -2.09. The Balaban J connectivity index is 1.91. The van der Waals surface area contributed by atoms with Gasteiger partial charge >= 0.3 is 0 Å². The normalized spacial score (nSPS) is 10.1. The molecule has 0 fully saturated rings. The summed E-state index contributed by atoms with van der Waals surface area (Å²) in [5, 5.41) is 5.60. The molecule has 24 heavy (non-hydrogen) atoms. The van der Waals surface area contributed by atoms with Crippen molar-refractivity contribution < 1.29 is 14.4 Å². The van der Waals surface area contributed by atoms with Crippen molar-refractivity contribution in [3.8, 4) is 0 Å². The Morgan fingerprint density at radius 2 is 1.62 bits per heavy atom. The molecule has 2 rings (SSSR count). The summed E-state index contributed by atoms with van der Waals surface area (Å²) in [4.78, 5) is 35.1. The van der Waals surface area contributed by atoms with E-state index in [9.17, 15) is 14.4 Å². The summed E-state index contributed by atoms with van der Waals surface area (Å²) in [6.07, 6.45) is 0. The first-order valence-electron chi connectivity index (χ1n) is 7.32. The van der Waals surface area contributed by atoms with Crippen LogP contribution in [0.5, 0.6) is 0 Å². The van der Waals surface area contributed by atoms with Crippen LogP contribution in [0.4, 0.5) is 5.69 Å². The van der Waals surface area contributed by atoms with Crippen LogP contribution < -0.4 is 10.6 Å². The Bertz CT molecular complexity index is 785. The van der Waals surface area contributed by atoms with Crippen molar-refractivity contribution in [3.05, 3.63) is 64.2 Å². The largest absolute Gasteiger partial charge is 0.343 e. The number of benzene rings is 2. The molecule has 2 aromatic rings. The van der Waals surface area contributed by atoms with Gasteiger partial charge in [0.2, 0.25) is 5.91 Å². The number of hydrogen-bond acceptors (Lipinski definition) is 3. The van der Waals surface area contributed by atoms with E-state index in [2.05, 4.69) is 10.6 Å². The molecule has 0 atom stereocenters. The molecular formula is C18H17ClN2O3. The summed E-state index contributed by atoms with van der Waals surface area (Å²) in [5.41, 5.74) is 2.38. The number of hydrogen-bond donors (Lipinski definition) is 2. The van der Waals surface area contributed by atoms with Gasteiger partial charge in [-0.05, 0) is 43.7 Å². The van der Waals surface area contributed by atoms with Gasteiger partial charge in [0.1, 0.15) is 0 Å². The first-order chi connectivity index (χ1) is 11.4. The fourth-order valence-corrected chi connectivity index (χ4v) is 2.32. The topological polar surface area (TPSA) is 75.3 Å². The van der Waals surface area contributed by atoms with E-state index in [4.69, 9.17) is 11.6 Å². The molecule has 2 aromatic carbocycles. The highest BCUT2D eigenvalue weighted by atomic mass is 35.5. The minimum atomic E-state index is -0.393. The maximum absolute atomic E-state index is 12.0. The van der Waals surface area contributed by atoms with Crippen molar-refractivity contribution in [1.82, 2.24) is 5.32 Å². The van der Waals surface area contributed by atoms with E-state index in [0.29, 0.717) is 21.8 Å². The third-order valence-corrected chi connectivity index (χ3v) is 3.67. The number of amides is 2. The van der Waals surface area contributed by atoms with Gasteiger partial charge < -0.3 is 10.6 Å². The molecule has 124 valence electrons. The number of carbonyl (C=O) groups is 3. The second-order valence-corrected chi connectivity index (χ2v) is 5.75. The third-order valence-electron chi connectivity index (χ3n) is 3.36. The Hall–Kier alpha value is -2.66. The monoisotopic (exact) mass is 344 g/mol. The molecule has 0 aliphatic carbocycles. The molecule has 2 N–H and O–H groups in total. The van der Waals surface area contributed by atoms with Crippen LogP contribution in [0, 0.1) is 6.92 Å². The highest BCUT2D eigenvalue weighted by Gasteiger charge is 2.10. The second-order valence-electron chi connectivity index (χ2n) is 5.35. The standard InChI is InChI=1S/C18H17ClN2O3/c1-11-3-8-16(15(19)9-11)21-17(23)10-20-18(24)14-6-4-13(5-7-14)12(2)22/h3-9H,10H2,1-2H3,(H,20,24)(H,21,23). The van der Waals surface area contributed by atoms with Gasteiger partial charge in [0, 0.05) is 11.1 Å². The molecule has 0 spiro atoms. The van der Waals surface area contributed by atoms with Gasteiger partial charge in [-0.15, -0.1) is 0 Å².